The van der Waals surface area contributed by atoms with Crippen LogP contribution in [0, 0.1) is 5.82 Å². The third kappa shape index (κ3) is 1.44. The predicted octanol–water partition coefficient (Wildman–Crippen LogP) is 3.27. The van der Waals surface area contributed by atoms with Gasteiger partial charge in [-0.3, -0.25) is 4.98 Å². The van der Waals surface area contributed by atoms with E-state index in [2.05, 4.69) is 20.9 Å². The van der Waals surface area contributed by atoms with E-state index in [9.17, 15) is 4.39 Å². The van der Waals surface area contributed by atoms with Crippen LogP contribution in [0.2, 0.25) is 0 Å². The van der Waals surface area contributed by atoms with Gasteiger partial charge in [-0.05, 0) is 18.2 Å². The molecule has 1 heterocycles. The quantitative estimate of drug-likeness (QED) is 0.697. The summed E-state index contributed by atoms with van der Waals surface area (Å²) in [6.45, 7) is 0. The Kier molecular flexibility index (Phi) is 2.27. The molecule has 0 aliphatic carbocycles. The topological polar surface area (TPSA) is 12.9 Å². The van der Waals surface area contributed by atoms with Crippen molar-refractivity contribution in [3.8, 4) is 0 Å². The number of alkyl halides is 1. The number of hydrogen-bond donors (Lipinski definition) is 0. The van der Waals surface area contributed by atoms with E-state index in [0.717, 1.165) is 10.9 Å². The first-order valence-electron chi connectivity index (χ1n) is 3.91. The highest BCUT2D eigenvalue weighted by Crippen LogP contribution is 2.21. The molecule has 0 fully saturated rings. The fraction of sp³-hybridized carbons (Fsp3) is 0.100. The Morgan fingerprint density at radius 2 is 2.15 bits per heavy atom. The average Bonchev–Trinajstić information content (AvgIpc) is 2.18. The molecule has 2 rings (SSSR count). The highest BCUT2D eigenvalue weighted by molar-refractivity contribution is 9.08. The molecule has 0 amide bonds. The zero-order valence-electron chi connectivity index (χ0n) is 6.80. The van der Waals surface area contributed by atoms with Gasteiger partial charge in [0.05, 0.1) is 5.52 Å². The second-order valence-electron chi connectivity index (χ2n) is 2.73. The van der Waals surface area contributed by atoms with Crippen LogP contribution in [0.15, 0.2) is 30.5 Å². The molecule has 0 saturated heterocycles. The molecule has 0 radical (unpaired) electrons. The number of hydrogen-bond acceptors (Lipinski definition) is 1. The van der Waals surface area contributed by atoms with Crippen molar-refractivity contribution in [2.24, 2.45) is 0 Å². The number of benzene rings is 1. The van der Waals surface area contributed by atoms with Crippen molar-refractivity contribution < 1.29 is 4.39 Å². The standard InChI is InChI=1S/C10H7BrFN/c11-6-8-9(12)4-3-7-2-1-5-13-10(7)8/h1-5H,6H2. The molecule has 0 atom stereocenters. The zero-order valence-corrected chi connectivity index (χ0v) is 8.38. The lowest BCUT2D eigenvalue weighted by Gasteiger charge is -2.02. The van der Waals surface area contributed by atoms with Crippen LogP contribution in [-0.2, 0) is 5.33 Å². The van der Waals surface area contributed by atoms with Crippen LogP contribution in [0.1, 0.15) is 5.56 Å². The minimum atomic E-state index is -0.205. The van der Waals surface area contributed by atoms with E-state index in [0.29, 0.717) is 10.9 Å². The molecule has 0 bridgehead atoms. The summed E-state index contributed by atoms with van der Waals surface area (Å²) in [6.07, 6.45) is 1.67. The molecule has 66 valence electrons. The summed E-state index contributed by atoms with van der Waals surface area (Å²) in [4.78, 5) is 4.14. The molecule has 0 N–H and O–H groups in total. The fourth-order valence-electron chi connectivity index (χ4n) is 1.31. The van der Waals surface area contributed by atoms with Gasteiger partial charge in [-0.15, -0.1) is 0 Å². The van der Waals surface area contributed by atoms with Crippen LogP contribution in [-0.4, -0.2) is 4.98 Å². The number of rotatable bonds is 1. The second kappa shape index (κ2) is 3.42. The molecule has 1 nitrogen and oxygen atoms in total. The Hall–Kier alpha value is -0.960. The van der Waals surface area contributed by atoms with Crippen molar-refractivity contribution in [1.29, 1.82) is 0 Å². The summed E-state index contributed by atoms with van der Waals surface area (Å²) in [5.41, 5.74) is 1.36. The van der Waals surface area contributed by atoms with Gasteiger partial charge in [0.2, 0.25) is 0 Å². The summed E-state index contributed by atoms with van der Waals surface area (Å²) < 4.78 is 13.2. The molecular formula is C10H7BrFN. The maximum atomic E-state index is 13.2. The van der Waals surface area contributed by atoms with Crippen LogP contribution in [0.3, 0.4) is 0 Å². The highest BCUT2D eigenvalue weighted by atomic mass is 79.9. The number of aromatic nitrogens is 1. The van der Waals surface area contributed by atoms with E-state index in [1.54, 1.807) is 12.3 Å². The fourth-order valence-corrected chi connectivity index (χ4v) is 1.84. The summed E-state index contributed by atoms with van der Waals surface area (Å²) in [5, 5.41) is 1.46. The zero-order chi connectivity index (χ0) is 9.26. The van der Waals surface area contributed by atoms with Crippen LogP contribution >= 0.6 is 15.9 Å². The van der Waals surface area contributed by atoms with E-state index in [4.69, 9.17) is 0 Å². The van der Waals surface area contributed by atoms with Crippen LogP contribution < -0.4 is 0 Å². The van der Waals surface area contributed by atoms with Crippen molar-refractivity contribution in [2.45, 2.75) is 5.33 Å². The van der Waals surface area contributed by atoms with Crippen molar-refractivity contribution >= 4 is 26.8 Å². The molecule has 0 aliphatic heterocycles. The first kappa shape index (κ1) is 8.63. The lowest BCUT2D eigenvalue weighted by atomic mass is 10.1. The summed E-state index contributed by atoms with van der Waals surface area (Å²) in [6, 6.07) is 6.98. The van der Waals surface area contributed by atoms with Crippen molar-refractivity contribution in [3.05, 3.63) is 41.8 Å². The van der Waals surface area contributed by atoms with E-state index in [-0.39, 0.29) is 5.82 Å². The van der Waals surface area contributed by atoms with Gasteiger partial charge in [-0.2, -0.15) is 0 Å². The number of pyridine rings is 1. The van der Waals surface area contributed by atoms with Crippen LogP contribution in [0.25, 0.3) is 10.9 Å². The molecule has 13 heavy (non-hydrogen) atoms. The predicted molar refractivity (Wildman–Crippen MR) is 54.3 cm³/mol. The normalized spacial score (nSPS) is 10.6. The minimum Gasteiger partial charge on any atom is -0.256 e. The summed E-state index contributed by atoms with van der Waals surface area (Å²) >= 11 is 3.25. The second-order valence-corrected chi connectivity index (χ2v) is 3.30. The Bertz CT molecular complexity index is 442. The molecule has 1 aromatic heterocycles. The van der Waals surface area contributed by atoms with Crippen LogP contribution in [0.5, 0.6) is 0 Å². The molecular weight excluding hydrogens is 233 g/mol. The molecule has 3 heteroatoms. The van der Waals surface area contributed by atoms with E-state index < -0.39 is 0 Å². The molecule has 0 aliphatic rings. The molecule has 0 spiro atoms. The van der Waals surface area contributed by atoms with Gasteiger partial charge in [0.25, 0.3) is 0 Å². The lowest BCUT2D eigenvalue weighted by molar-refractivity contribution is 0.619. The van der Waals surface area contributed by atoms with Gasteiger partial charge < -0.3 is 0 Å². The van der Waals surface area contributed by atoms with Crippen molar-refractivity contribution in [1.82, 2.24) is 4.98 Å². The van der Waals surface area contributed by atoms with E-state index in [1.807, 2.05) is 12.1 Å². The Labute approximate surface area is 83.7 Å². The van der Waals surface area contributed by atoms with Gasteiger partial charge in [0.15, 0.2) is 0 Å². The number of nitrogens with zero attached hydrogens (tertiary/aromatic N) is 1. The maximum Gasteiger partial charge on any atom is 0.129 e. The van der Waals surface area contributed by atoms with E-state index >= 15 is 0 Å². The molecule has 0 saturated carbocycles. The third-order valence-electron chi connectivity index (χ3n) is 1.96. The SMILES string of the molecule is Fc1ccc2cccnc2c1CBr. The number of fused-ring (bicyclic) bond motifs is 1. The Morgan fingerprint density at radius 1 is 1.31 bits per heavy atom. The smallest absolute Gasteiger partial charge is 0.129 e. The molecule has 2 aromatic rings. The third-order valence-corrected chi connectivity index (χ3v) is 2.52. The lowest BCUT2D eigenvalue weighted by Crippen LogP contribution is -1.90. The summed E-state index contributed by atoms with van der Waals surface area (Å²) in [5.74, 6) is -0.205. The highest BCUT2D eigenvalue weighted by Gasteiger charge is 2.05. The molecule has 0 unspecified atom stereocenters. The van der Waals surface area contributed by atoms with Gasteiger partial charge in [-0.1, -0.05) is 22.0 Å². The Morgan fingerprint density at radius 3 is 2.92 bits per heavy atom. The van der Waals surface area contributed by atoms with Crippen LogP contribution in [0.4, 0.5) is 4.39 Å². The number of halogens is 2. The average molecular weight is 240 g/mol. The van der Waals surface area contributed by atoms with Gasteiger partial charge in [-0.25, -0.2) is 4.39 Å². The maximum absolute atomic E-state index is 13.2. The first-order valence-corrected chi connectivity index (χ1v) is 5.03. The van der Waals surface area contributed by atoms with Crippen molar-refractivity contribution in [2.75, 3.05) is 0 Å². The van der Waals surface area contributed by atoms with Crippen molar-refractivity contribution in [3.63, 3.8) is 0 Å². The first-order chi connectivity index (χ1) is 6.33. The largest absolute Gasteiger partial charge is 0.256 e. The van der Waals surface area contributed by atoms with Gasteiger partial charge in [0, 0.05) is 22.5 Å². The van der Waals surface area contributed by atoms with Gasteiger partial charge >= 0.3 is 0 Å². The minimum absolute atomic E-state index is 0.205. The Balaban J connectivity index is 2.84. The molecule has 1 aromatic carbocycles. The van der Waals surface area contributed by atoms with Gasteiger partial charge in [0.1, 0.15) is 5.82 Å². The van der Waals surface area contributed by atoms with E-state index in [1.165, 1.54) is 6.07 Å². The summed E-state index contributed by atoms with van der Waals surface area (Å²) in [7, 11) is 0. The monoisotopic (exact) mass is 239 g/mol.